The van der Waals surface area contributed by atoms with Gasteiger partial charge < -0.3 is 5.73 Å². The van der Waals surface area contributed by atoms with E-state index in [0.717, 1.165) is 5.75 Å². The van der Waals surface area contributed by atoms with E-state index in [0.29, 0.717) is 11.5 Å². The summed E-state index contributed by atoms with van der Waals surface area (Å²) in [5, 5.41) is 0. The molecule has 0 heterocycles. The molecule has 0 saturated heterocycles. The monoisotopic (exact) mass is 257 g/mol. The largest absolute Gasteiger partial charge is 0.325 e. The summed E-state index contributed by atoms with van der Waals surface area (Å²) in [6.45, 7) is 3.82. The van der Waals surface area contributed by atoms with Crippen molar-refractivity contribution in [3.05, 3.63) is 30.3 Å². The van der Waals surface area contributed by atoms with Crippen molar-refractivity contribution in [1.29, 1.82) is 0 Å². The van der Waals surface area contributed by atoms with Crippen LogP contribution in [0.1, 0.15) is 13.8 Å². The Labute approximate surface area is 104 Å². The lowest BCUT2D eigenvalue weighted by Crippen LogP contribution is -2.38. The highest BCUT2D eigenvalue weighted by atomic mass is 32.2. The van der Waals surface area contributed by atoms with Gasteiger partial charge >= 0.3 is 0 Å². The maximum absolute atomic E-state index is 11.7. The Balaban J connectivity index is 2.24. The second-order valence-electron chi connectivity index (χ2n) is 4.44. The van der Waals surface area contributed by atoms with Crippen LogP contribution in [0.2, 0.25) is 0 Å². The van der Waals surface area contributed by atoms with Gasteiger partial charge in [0, 0.05) is 38.5 Å². The van der Waals surface area contributed by atoms with Gasteiger partial charge in [0.2, 0.25) is 0 Å². The van der Waals surface area contributed by atoms with Crippen molar-refractivity contribution in [2.24, 2.45) is 5.73 Å². The van der Waals surface area contributed by atoms with E-state index in [-0.39, 0.29) is 5.54 Å². The molecule has 1 rings (SSSR count). The zero-order valence-corrected chi connectivity index (χ0v) is 11.4. The Morgan fingerprint density at radius 1 is 1.31 bits per heavy atom. The van der Waals surface area contributed by atoms with E-state index >= 15 is 0 Å². The van der Waals surface area contributed by atoms with Crippen LogP contribution in [0, 0.1) is 0 Å². The summed E-state index contributed by atoms with van der Waals surface area (Å²) in [6, 6.07) is 10.2. The van der Waals surface area contributed by atoms with Gasteiger partial charge in [-0.2, -0.15) is 0 Å². The molecule has 0 aromatic heterocycles. The summed E-state index contributed by atoms with van der Waals surface area (Å²) in [4.78, 5) is 1.23. The fourth-order valence-corrected chi connectivity index (χ4v) is 3.89. The molecule has 90 valence electrons. The highest BCUT2D eigenvalue weighted by Gasteiger charge is 2.14. The van der Waals surface area contributed by atoms with E-state index in [1.165, 1.54) is 4.90 Å². The van der Waals surface area contributed by atoms with E-state index in [1.54, 1.807) is 11.8 Å². The van der Waals surface area contributed by atoms with E-state index in [4.69, 9.17) is 5.73 Å². The van der Waals surface area contributed by atoms with E-state index in [1.807, 2.05) is 32.0 Å². The summed E-state index contributed by atoms with van der Waals surface area (Å²) in [6.07, 6.45) is 0. The first kappa shape index (κ1) is 13.7. The second-order valence-corrected chi connectivity index (χ2v) is 7.18. The number of benzene rings is 1. The standard InChI is InChI=1S/C12H19NOS2/c1-12(2,13)10-16(14)9-8-15-11-6-4-3-5-7-11/h3-7H,8-10,13H2,1-2H3. The van der Waals surface area contributed by atoms with Crippen molar-refractivity contribution in [2.75, 3.05) is 17.3 Å². The summed E-state index contributed by atoms with van der Waals surface area (Å²) in [5.74, 6) is 2.16. The van der Waals surface area contributed by atoms with Crippen LogP contribution in [-0.2, 0) is 10.8 Å². The van der Waals surface area contributed by atoms with Crippen LogP contribution < -0.4 is 5.73 Å². The number of nitrogens with two attached hydrogens (primary N) is 1. The molecule has 0 radical (unpaired) electrons. The molecule has 16 heavy (non-hydrogen) atoms. The van der Waals surface area contributed by atoms with Crippen molar-refractivity contribution in [3.63, 3.8) is 0 Å². The van der Waals surface area contributed by atoms with Crippen LogP contribution in [-0.4, -0.2) is 27.0 Å². The first-order valence-corrected chi connectivity index (χ1v) is 7.76. The molecule has 1 unspecified atom stereocenters. The third-order valence-electron chi connectivity index (χ3n) is 1.86. The lowest BCUT2D eigenvalue weighted by atomic mass is 10.1. The van der Waals surface area contributed by atoms with Gasteiger partial charge in [0.1, 0.15) is 0 Å². The predicted octanol–water partition coefficient (Wildman–Crippen LogP) is 2.26. The van der Waals surface area contributed by atoms with E-state index in [2.05, 4.69) is 12.1 Å². The molecule has 0 aliphatic heterocycles. The van der Waals surface area contributed by atoms with Gasteiger partial charge in [0.05, 0.1) is 0 Å². The smallest absolute Gasteiger partial charge is 0.0410 e. The van der Waals surface area contributed by atoms with Crippen LogP contribution in [0.3, 0.4) is 0 Å². The molecule has 0 spiro atoms. The molecule has 1 aromatic carbocycles. The number of thioether (sulfide) groups is 1. The molecule has 0 aliphatic rings. The van der Waals surface area contributed by atoms with Crippen molar-refractivity contribution in [2.45, 2.75) is 24.3 Å². The SMILES string of the molecule is CC(C)(N)CS(=O)CCSc1ccccc1. The molecule has 1 aromatic rings. The summed E-state index contributed by atoms with van der Waals surface area (Å²) < 4.78 is 11.7. The van der Waals surface area contributed by atoms with Gasteiger partial charge in [0.15, 0.2) is 0 Å². The van der Waals surface area contributed by atoms with Gasteiger partial charge in [0.25, 0.3) is 0 Å². The molecule has 0 fully saturated rings. The Bertz CT molecular complexity index is 333. The topological polar surface area (TPSA) is 43.1 Å². The highest BCUT2D eigenvalue weighted by Crippen LogP contribution is 2.16. The Kier molecular flexibility index (Phi) is 5.52. The maximum atomic E-state index is 11.7. The average molecular weight is 257 g/mol. The van der Waals surface area contributed by atoms with Gasteiger partial charge in [-0.1, -0.05) is 18.2 Å². The molecule has 1 atom stereocenters. The number of rotatable bonds is 6. The zero-order valence-electron chi connectivity index (χ0n) is 9.81. The highest BCUT2D eigenvalue weighted by molar-refractivity contribution is 8.00. The normalized spacial score (nSPS) is 13.7. The molecule has 0 amide bonds. The minimum absolute atomic E-state index is 0.331. The van der Waals surface area contributed by atoms with Crippen LogP contribution in [0.5, 0.6) is 0 Å². The van der Waals surface area contributed by atoms with Crippen molar-refractivity contribution in [3.8, 4) is 0 Å². The molecule has 0 bridgehead atoms. The van der Waals surface area contributed by atoms with E-state index in [9.17, 15) is 4.21 Å². The third kappa shape index (κ3) is 6.30. The number of hydrogen-bond acceptors (Lipinski definition) is 3. The first-order chi connectivity index (χ1) is 7.47. The molecule has 2 nitrogen and oxygen atoms in total. The summed E-state index contributed by atoms with van der Waals surface area (Å²) in [7, 11) is -0.809. The van der Waals surface area contributed by atoms with Gasteiger partial charge in [-0.25, -0.2) is 0 Å². The van der Waals surface area contributed by atoms with Crippen LogP contribution in [0.25, 0.3) is 0 Å². The van der Waals surface area contributed by atoms with Crippen molar-refractivity contribution in [1.82, 2.24) is 0 Å². The molecule has 0 saturated carbocycles. The van der Waals surface area contributed by atoms with Crippen LogP contribution in [0.15, 0.2) is 35.2 Å². The number of hydrogen-bond donors (Lipinski definition) is 1. The summed E-state index contributed by atoms with van der Waals surface area (Å²) >= 11 is 1.74. The van der Waals surface area contributed by atoms with Gasteiger partial charge in [-0.3, -0.25) is 4.21 Å². The fourth-order valence-electron chi connectivity index (χ4n) is 1.26. The second kappa shape index (κ2) is 6.42. The summed E-state index contributed by atoms with van der Waals surface area (Å²) in [5.41, 5.74) is 5.49. The molecule has 4 heteroatoms. The molecular formula is C12H19NOS2. The Hall–Kier alpha value is -0.320. The quantitative estimate of drug-likeness (QED) is 0.795. The minimum atomic E-state index is -0.809. The van der Waals surface area contributed by atoms with Crippen molar-refractivity contribution < 1.29 is 4.21 Å². The maximum Gasteiger partial charge on any atom is 0.0410 e. The zero-order chi connectivity index (χ0) is 12.0. The van der Waals surface area contributed by atoms with Gasteiger partial charge in [-0.15, -0.1) is 11.8 Å². The van der Waals surface area contributed by atoms with Crippen LogP contribution in [0.4, 0.5) is 0 Å². The molecule has 2 N–H and O–H groups in total. The molecule has 0 aliphatic carbocycles. The van der Waals surface area contributed by atoms with E-state index < -0.39 is 10.8 Å². The third-order valence-corrected chi connectivity index (χ3v) is 4.85. The Morgan fingerprint density at radius 2 is 1.94 bits per heavy atom. The fraction of sp³-hybridized carbons (Fsp3) is 0.500. The van der Waals surface area contributed by atoms with Gasteiger partial charge in [-0.05, 0) is 26.0 Å². The Morgan fingerprint density at radius 3 is 2.50 bits per heavy atom. The average Bonchev–Trinajstić information content (AvgIpc) is 2.16. The molecular weight excluding hydrogens is 238 g/mol. The van der Waals surface area contributed by atoms with Crippen molar-refractivity contribution >= 4 is 22.6 Å². The lowest BCUT2D eigenvalue weighted by Gasteiger charge is -2.17. The van der Waals surface area contributed by atoms with Crippen LogP contribution >= 0.6 is 11.8 Å². The predicted molar refractivity (Wildman–Crippen MR) is 73.3 cm³/mol. The minimum Gasteiger partial charge on any atom is -0.325 e. The first-order valence-electron chi connectivity index (χ1n) is 5.29. The lowest BCUT2D eigenvalue weighted by molar-refractivity contribution is 0.578.